The van der Waals surface area contributed by atoms with E-state index in [0.29, 0.717) is 11.4 Å². The van der Waals surface area contributed by atoms with Crippen LogP contribution in [0.5, 0.6) is 5.75 Å². The van der Waals surface area contributed by atoms with Crippen molar-refractivity contribution in [3.05, 3.63) is 44.9 Å². The molecular formula is C15H18N2O2. The van der Waals surface area contributed by atoms with E-state index in [9.17, 15) is 9.90 Å². The van der Waals surface area contributed by atoms with Crippen molar-refractivity contribution in [3.8, 4) is 17.1 Å². The van der Waals surface area contributed by atoms with Crippen LogP contribution in [0.25, 0.3) is 11.4 Å². The van der Waals surface area contributed by atoms with E-state index in [1.54, 1.807) is 6.92 Å². The summed E-state index contributed by atoms with van der Waals surface area (Å²) in [6.45, 7) is 7.42. The molecule has 2 N–H and O–H groups in total. The number of phenols is 1. The number of nitrogens with zero attached hydrogens (tertiary/aromatic N) is 1. The zero-order chi connectivity index (χ0) is 14.2. The van der Waals surface area contributed by atoms with E-state index in [4.69, 9.17) is 0 Å². The third-order valence-corrected chi connectivity index (χ3v) is 3.35. The molecule has 0 saturated heterocycles. The van der Waals surface area contributed by atoms with Crippen LogP contribution >= 0.6 is 0 Å². The SMILES string of the molecule is CCc1nc(-c2cc(C)c(O)c(C)c2)[nH]c(=O)c1C. The fourth-order valence-corrected chi connectivity index (χ4v) is 2.15. The fourth-order valence-electron chi connectivity index (χ4n) is 2.15. The van der Waals surface area contributed by atoms with Crippen LogP contribution in [0.1, 0.15) is 29.3 Å². The molecular weight excluding hydrogens is 240 g/mol. The van der Waals surface area contributed by atoms with Crippen LogP contribution in [0.15, 0.2) is 16.9 Å². The van der Waals surface area contributed by atoms with Crippen LogP contribution in [0, 0.1) is 20.8 Å². The summed E-state index contributed by atoms with van der Waals surface area (Å²) in [5.41, 5.74) is 3.73. The van der Waals surface area contributed by atoms with Crippen molar-refractivity contribution in [1.29, 1.82) is 0 Å². The summed E-state index contributed by atoms with van der Waals surface area (Å²) < 4.78 is 0. The molecule has 0 radical (unpaired) electrons. The molecule has 0 amide bonds. The number of H-pyrrole nitrogens is 1. The highest BCUT2D eigenvalue weighted by Crippen LogP contribution is 2.27. The molecule has 1 heterocycles. The maximum absolute atomic E-state index is 11.9. The van der Waals surface area contributed by atoms with Crippen LogP contribution in [-0.4, -0.2) is 15.1 Å². The highest BCUT2D eigenvalue weighted by atomic mass is 16.3. The fraction of sp³-hybridized carbons (Fsp3) is 0.333. The standard InChI is InChI=1S/C15H18N2O2/c1-5-12-10(4)15(19)17-14(16-12)11-6-8(2)13(18)9(3)7-11/h6-7,18H,5H2,1-4H3,(H,16,17,19). The lowest BCUT2D eigenvalue weighted by Gasteiger charge is -2.09. The lowest BCUT2D eigenvalue weighted by Crippen LogP contribution is -2.15. The van der Waals surface area contributed by atoms with Gasteiger partial charge in [-0.15, -0.1) is 0 Å². The van der Waals surface area contributed by atoms with E-state index in [1.807, 2.05) is 32.9 Å². The number of nitrogens with one attached hydrogen (secondary N) is 1. The number of aromatic hydroxyl groups is 1. The van der Waals surface area contributed by atoms with Gasteiger partial charge in [0.1, 0.15) is 11.6 Å². The van der Waals surface area contributed by atoms with E-state index in [-0.39, 0.29) is 11.3 Å². The van der Waals surface area contributed by atoms with Crippen molar-refractivity contribution < 1.29 is 5.11 Å². The summed E-state index contributed by atoms with van der Waals surface area (Å²) in [6.07, 6.45) is 0.721. The average Bonchev–Trinajstić information content (AvgIpc) is 2.38. The molecule has 1 aromatic carbocycles. The van der Waals surface area contributed by atoms with Crippen LogP contribution < -0.4 is 5.56 Å². The van der Waals surface area contributed by atoms with Gasteiger partial charge in [-0.25, -0.2) is 4.98 Å². The molecule has 19 heavy (non-hydrogen) atoms. The van der Waals surface area contributed by atoms with Gasteiger partial charge in [0.25, 0.3) is 5.56 Å². The van der Waals surface area contributed by atoms with Crippen molar-refractivity contribution in [2.24, 2.45) is 0 Å². The first kappa shape index (κ1) is 13.3. The molecule has 0 atom stereocenters. The molecule has 0 saturated carbocycles. The molecule has 4 heteroatoms. The Hall–Kier alpha value is -2.10. The van der Waals surface area contributed by atoms with Gasteiger partial charge in [-0.05, 0) is 50.5 Å². The van der Waals surface area contributed by atoms with Gasteiger partial charge in [-0.2, -0.15) is 0 Å². The molecule has 1 aromatic heterocycles. The number of benzene rings is 1. The zero-order valence-corrected chi connectivity index (χ0v) is 11.7. The van der Waals surface area contributed by atoms with Crippen molar-refractivity contribution in [2.75, 3.05) is 0 Å². The molecule has 0 bridgehead atoms. The predicted molar refractivity (Wildman–Crippen MR) is 75.5 cm³/mol. The summed E-state index contributed by atoms with van der Waals surface area (Å²) in [5.74, 6) is 0.840. The second-order valence-corrected chi connectivity index (χ2v) is 4.80. The third-order valence-electron chi connectivity index (χ3n) is 3.35. The molecule has 4 nitrogen and oxygen atoms in total. The number of aryl methyl sites for hydroxylation is 3. The number of hydrogen-bond acceptors (Lipinski definition) is 3. The Morgan fingerprint density at radius 3 is 2.32 bits per heavy atom. The Labute approximate surface area is 112 Å². The van der Waals surface area contributed by atoms with Gasteiger partial charge in [-0.3, -0.25) is 4.79 Å². The van der Waals surface area contributed by atoms with E-state index in [0.717, 1.165) is 28.8 Å². The summed E-state index contributed by atoms with van der Waals surface area (Å²) in [7, 11) is 0. The smallest absolute Gasteiger partial charge is 0.254 e. The average molecular weight is 258 g/mol. The van der Waals surface area contributed by atoms with Crippen LogP contribution in [0.4, 0.5) is 0 Å². The van der Waals surface area contributed by atoms with Crippen LogP contribution in [-0.2, 0) is 6.42 Å². The highest BCUT2D eigenvalue weighted by molar-refractivity contribution is 5.61. The van der Waals surface area contributed by atoms with Crippen molar-refractivity contribution >= 4 is 0 Å². The van der Waals surface area contributed by atoms with Gasteiger partial charge in [0.05, 0.1) is 5.69 Å². The lowest BCUT2D eigenvalue weighted by molar-refractivity contribution is 0.467. The molecule has 0 aliphatic carbocycles. The second kappa shape index (κ2) is 4.88. The molecule has 0 aliphatic heterocycles. The van der Waals surface area contributed by atoms with E-state index in [1.165, 1.54) is 0 Å². The monoisotopic (exact) mass is 258 g/mol. The molecule has 0 aliphatic rings. The van der Waals surface area contributed by atoms with Gasteiger partial charge < -0.3 is 10.1 Å². The minimum Gasteiger partial charge on any atom is -0.507 e. The van der Waals surface area contributed by atoms with E-state index >= 15 is 0 Å². The largest absolute Gasteiger partial charge is 0.507 e. The Bertz CT molecular complexity index is 664. The van der Waals surface area contributed by atoms with Gasteiger partial charge in [-0.1, -0.05) is 6.92 Å². The summed E-state index contributed by atoms with van der Waals surface area (Å²) in [5, 5.41) is 9.78. The maximum Gasteiger partial charge on any atom is 0.254 e. The predicted octanol–water partition coefficient (Wildman–Crippen LogP) is 2.63. The van der Waals surface area contributed by atoms with Gasteiger partial charge in [0.15, 0.2) is 0 Å². The lowest BCUT2D eigenvalue weighted by atomic mass is 10.0. The first-order chi connectivity index (χ1) is 8.93. The third kappa shape index (κ3) is 2.38. The summed E-state index contributed by atoms with van der Waals surface area (Å²) in [6, 6.07) is 3.66. The van der Waals surface area contributed by atoms with Crippen LogP contribution in [0.3, 0.4) is 0 Å². The quantitative estimate of drug-likeness (QED) is 0.870. The first-order valence-electron chi connectivity index (χ1n) is 6.34. The van der Waals surface area contributed by atoms with E-state index in [2.05, 4.69) is 9.97 Å². The molecule has 100 valence electrons. The number of aromatic nitrogens is 2. The molecule has 2 rings (SSSR count). The van der Waals surface area contributed by atoms with Gasteiger partial charge in [0.2, 0.25) is 0 Å². The number of hydrogen-bond donors (Lipinski definition) is 2. The highest BCUT2D eigenvalue weighted by Gasteiger charge is 2.10. The molecule has 0 fully saturated rings. The Morgan fingerprint density at radius 1 is 1.21 bits per heavy atom. The van der Waals surface area contributed by atoms with Crippen molar-refractivity contribution in [1.82, 2.24) is 9.97 Å². The Kier molecular flexibility index (Phi) is 3.42. The molecule has 0 spiro atoms. The van der Waals surface area contributed by atoms with Crippen LogP contribution in [0.2, 0.25) is 0 Å². The van der Waals surface area contributed by atoms with Gasteiger partial charge >= 0.3 is 0 Å². The Morgan fingerprint density at radius 2 is 1.79 bits per heavy atom. The number of aromatic amines is 1. The van der Waals surface area contributed by atoms with Crippen molar-refractivity contribution in [2.45, 2.75) is 34.1 Å². The Balaban J connectivity index is 2.66. The van der Waals surface area contributed by atoms with Crippen molar-refractivity contribution in [3.63, 3.8) is 0 Å². The normalized spacial score (nSPS) is 10.7. The maximum atomic E-state index is 11.9. The zero-order valence-electron chi connectivity index (χ0n) is 11.7. The minimum atomic E-state index is -0.106. The molecule has 0 unspecified atom stereocenters. The number of phenolic OH excluding ortho intramolecular Hbond substituents is 1. The molecule has 2 aromatic rings. The van der Waals surface area contributed by atoms with Gasteiger partial charge in [0, 0.05) is 11.1 Å². The minimum absolute atomic E-state index is 0.106. The van der Waals surface area contributed by atoms with E-state index < -0.39 is 0 Å². The first-order valence-corrected chi connectivity index (χ1v) is 6.34. The summed E-state index contributed by atoms with van der Waals surface area (Å²) in [4.78, 5) is 19.2. The number of rotatable bonds is 2. The topological polar surface area (TPSA) is 66.0 Å². The second-order valence-electron chi connectivity index (χ2n) is 4.80. The summed E-state index contributed by atoms with van der Waals surface area (Å²) >= 11 is 0.